The van der Waals surface area contributed by atoms with Crippen LogP contribution in [0.15, 0.2) is 96.0 Å². The molecule has 0 saturated heterocycles. The van der Waals surface area contributed by atoms with Gasteiger partial charge in [0.1, 0.15) is 11.8 Å². The van der Waals surface area contributed by atoms with Crippen LogP contribution in [-0.2, 0) is 0 Å². The number of carbonyl (C=O) groups is 1. The summed E-state index contributed by atoms with van der Waals surface area (Å²) in [6.07, 6.45) is 7.41. The van der Waals surface area contributed by atoms with Crippen molar-refractivity contribution < 1.29 is 14.4 Å². The van der Waals surface area contributed by atoms with Gasteiger partial charge in [-0.3, -0.25) is 15.0 Å². The molecule has 38 heavy (non-hydrogen) atoms. The summed E-state index contributed by atoms with van der Waals surface area (Å²) >= 11 is 0. The summed E-state index contributed by atoms with van der Waals surface area (Å²) in [4.78, 5) is 25.7. The van der Waals surface area contributed by atoms with Gasteiger partial charge in [0.15, 0.2) is 0 Å². The van der Waals surface area contributed by atoms with E-state index >= 15 is 0 Å². The topological polar surface area (TPSA) is 107 Å². The molecule has 8 nitrogen and oxygen atoms in total. The second-order valence-corrected chi connectivity index (χ2v) is 9.04. The van der Waals surface area contributed by atoms with E-state index in [1.807, 2.05) is 74.8 Å². The highest BCUT2D eigenvalue weighted by atomic mass is 16.5. The van der Waals surface area contributed by atoms with Crippen LogP contribution in [0.5, 0.6) is 0 Å². The van der Waals surface area contributed by atoms with Gasteiger partial charge < -0.3 is 14.2 Å². The fourth-order valence-electron chi connectivity index (χ4n) is 4.89. The van der Waals surface area contributed by atoms with E-state index < -0.39 is 5.97 Å². The van der Waals surface area contributed by atoms with Crippen LogP contribution in [0, 0.1) is 13.8 Å². The lowest BCUT2D eigenvalue weighted by Crippen LogP contribution is -2.14. The summed E-state index contributed by atoms with van der Waals surface area (Å²) in [5.41, 5.74) is 7.87. The van der Waals surface area contributed by atoms with E-state index in [-0.39, 0.29) is 11.6 Å². The van der Waals surface area contributed by atoms with Crippen LogP contribution in [0.2, 0.25) is 0 Å². The molecule has 1 N–H and O–H groups in total. The Morgan fingerprint density at radius 3 is 2.13 bits per heavy atom. The van der Waals surface area contributed by atoms with Gasteiger partial charge in [0.2, 0.25) is 0 Å². The van der Waals surface area contributed by atoms with Crippen LogP contribution in [-0.4, -0.2) is 35.8 Å². The third-order valence-corrected chi connectivity index (χ3v) is 6.65. The molecule has 0 radical (unpaired) electrons. The standard InChI is InChI=1S/C30H23N5O3/c1-18-27(19(2)38-34-18)22-15-26-28(33-16-22)23(20-9-11-21(12-10-20)30(36)37)17-35(26)29(24-7-3-5-13-31-24)25-8-4-6-14-32-25/h3-17,29H,1-2H3,(H,36,37). The van der Waals surface area contributed by atoms with E-state index in [1.54, 1.807) is 24.5 Å². The van der Waals surface area contributed by atoms with Gasteiger partial charge in [-0.25, -0.2) is 4.79 Å². The van der Waals surface area contributed by atoms with Crippen LogP contribution >= 0.6 is 0 Å². The number of carboxylic acids is 1. The van der Waals surface area contributed by atoms with Gasteiger partial charge in [-0.15, -0.1) is 0 Å². The van der Waals surface area contributed by atoms with Crippen molar-refractivity contribution in [1.82, 2.24) is 24.7 Å². The summed E-state index contributed by atoms with van der Waals surface area (Å²) < 4.78 is 7.56. The second-order valence-electron chi connectivity index (χ2n) is 9.04. The monoisotopic (exact) mass is 501 g/mol. The number of pyridine rings is 3. The molecule has 5 heterocycles. The lowest BCUT2D eigenvalue weighted by molar-refractivity contribution is 0.0697. The number of hydrogen-bond acceptors (Lipinski definition) is 6. The number of aryl methyl sites for hydroxylation is 2. The van der Waals surface area contributed by atoms with Crippen molar-refractivity contribution in [2.45, 2.75) is 19.9 Å². The lowest BCUT2D eigenvalue weighted by atomic mass is 10.0. The molecular formula is C30H23N5O3. The van der Waals surface area contributed by atoms with Crippen molar-refractivity contribution in [2.75, 3.05) is 0 Å². The van der Waals surface area contributed by atoms with Crippen LogP contribution in [0.1, 0.15) is 39.2 Å². The summed E-state index contributed by atoms with van der Waals surface area (Å²) in [5, 5.41) is 13.5. The van der Waals surface area contributed by atoms with Gasteiger partial charge in [0.05, 0.1) is 33.7 Å². The highest BCUT2D eigenvalue weighted by Crippen LogP contribution is 2.37. The minimum Gasteiger partial charge on any atom is -0.478 e. The number of aromatic nitrogens is 5. The maximum absolute atomic E-state index is 11.4. The van der Waals surface area contributed by atoms with Crippen LogP contribution in [0.3, 0.4) is 0 Å². The Morgan fingerprint density at radius 2 is 1.58 bits per heavy atom. The quantitative estimate of drug-likeness (QED) is 0.294. The Kier molecular flexibility index (Phi) is 5.76. The van der Waals surface area contributed by atoms with Gasteiger partial charge in [0.25, 0.3) is 0 Å². The molecule has 186 valence electrons. The highest BCUT2D eigenvalue weighted by molar-refractivity contribution is 5.96. The Hall–Kier alpha value is -5.11. The van der Waals surface area contributed by atoms with E-state index in [4.69, 9.17) is 9.51 Å². The van der Waals surface area contributed by atoms with Gasteiger partial charge >= 0.3 is 5.97 Å². The molecule has 6 aromatic rings. The van der Waals surface area contributed by atoms with Crippen molar-refractivity contribution in [3.8, 4) is 22.3 Å². The van der Waals surface area contributed by atoms with Crippen molar-refractivity contribution in [3.63, 3.8) is 0 Å². The lowest BCUT2D eigenvalue weighted by Gasteiger charge is -2.19. The Morgan fingerprint density at radius 1 is 0.895 bits per heavy atom. The SMILES string of the molecule is Cc1noc(C)c1-c1cnc2c(-c3ccc(C(=O)O)cc3)cn(C(c3ccccn3)c3ccccn3)c2c1. The molecule has 0 aliphatic heterocycles. The minimum absolute atomic E-state index is 0.228. The van der Waals surface area contributed by atoms with Gasteiger partial charge in [-0.05, 0) is 61.9 Å². The average Bonchev–Trinajstić information content (AvgIpc) is 3.49. The predicted molar refractivity (Wildman–Crippen MR) is 143 cm³/mol. The van der Waals surface area contributed by atoms with E-state index in [1.165, 1.54) is 0 Å². The molecule has 0 atom stereocenters. The number of carboxylic acid groups (broad SMARTS) is 1. The first-order chi connectivity index (χ1) is 18.5. The molecular weight excluding hydrogens is 478 g/mol. The van der Waals surface area contributed by atoms with Crippen LogP contribution in [0.25, 0.3) is 33.3 Å². The molecule has 0 bridgehead atoms. The van der Waals surface area contributed by atoms with Gasteiger partial charge in [-0.1, -0.05) is 29.4 Å². The molecule has 5 aromatic heterocycles. The second kappa shape index (κ2) is 9.40. The third-order valence-electron chi connectivity index (χ3n) is 6.65. The largest absolute Gasteiger partial charge is 0.478 e. The predicted octanol–water partition coefficient (Wildman–Crippen LogP) is 6.10. The first kappa shape index (κ1) is 23.3. The summed E-state index contributed by atoms with van der Waals surface area (Å²) in [5.74, 6) is -0.246. The number of fused-ring (bicyclic) bond motifs is 1. The first-order valence-corrected chi connectivity index (χ1v) is 12.1. The molecule has 0 fully saturated rings. The zero-order valence-corrected chi connectivity index (χ0v) is 20.7. The smallest absolute Gasteiger partial charge is 0.335 e. The zero-order valence-electron chi connectivity index (χ0n) is 20.7. The summed E-state index contributed by atoms with van der Waals surface area (Å²) in [6.45, 7) is 3.80. The number of rotatable bonds is 6. The first-order valence-electron chi connectivity index (χ1n) is 12.1. The number of benzene rings is 1. The maximum atomic E-state index is 11.4. The van der Waals surface area contributed by atoms with Crippen molar-refractivity contribution in [3.05, 3.63) is 120 Å². The number of hydrogen-bond donors (Lipinski definition) is 1. The highest BCUT2D eigenvalue weighted by Gasteiger charge is 2.24. The van der Waals surface area contributed by atoms with Crippen molar-refractivity contribution >= 4 is 17.0 Å². The maximum Gasteiger partial charge on any atom is 0.335 e. The molecule has 0 aliphatic carbocycles. The molecule has 6 rings (SSSR count). The fraction of sp³-hybridized carbons (Fsp3) is 0.100. The van der Waals surface area contributed by atoms with Crippen molar-refractivity contribution in [1.29, 1.82) is 0 Å². The Labute approximate surface area is 218 Å². The fourth-order valence-corrected chi connectivity index (χ4v) is 4.89. The normalized spacial score (nSPS) is 11.3. The zero-order chi connectivity index (χ0) is 26.2. The molecule has 0 unspecified atom stereocenters. The molecule has 0 spiro atoms. The van der Waals surface area contributed by atoms with Crippen LogP contribution in [0.4, 0.5) is 0 Å². The Balaban J connectivity index is 1.63. The Bertz CT molecular complexity index is 1700. The van der Waals surface area contributed by atoms with E-state index in [2.05, 4.69) is 25.8 Å². The molecule has 8 heteroatoms. The van der Waals surface area contributed by atoms with Crippen LogP contribution < -0.4 is 0 Å². The third kappa shape index (κ3) is 4.02. The molecule has 0 saturated carbocycles. The van der Waals surface area contributed by atoms with E-state index in [9.17, 15) is 9.90 Å². The van der Waals surface area contributed by atoms with Gasteiger partial charge in [0, 0.05) is 41.5 Å². The number of aromatic carboxylic acids is 1. The molecule has 1 aromatic carbocycles. The summed E-state index contributed by atoms with van der Waals surface area (Å²) in [7, 11) is 0. The van der Waals surface area contributed by atoms with E-state index in [0.29, 0.717) is 0 Å². The van der Waals surface area contributed by atoms with E-state index in [0.717, 1.165) is 56.1 Å². The van der Waals surface area contributed by atoms with Crippen molar-refractivity contribution in [2.24, 2.45) is 0 Å². The number of nitrogens with zero attached hydrogens (tertiary/aromatic N) is 5. The van der Waals surface area contributed by atoms with Gasteiger partial charge in [-0.2, -0.15) is 0 Å². The average molecular weight is 502 g/mol. The summed E-state index contributed by atoms with van der Waals surface area (Å²) in [6, 6.07) is 20.3. The minimum atomic E-state index is -0.966. The molecule has 0 amide bonds. The molecule has 0 aliphatic rings.